The van der Waals surface area contributed by atoms with Gasteiger partial charge in [-0.05, 0) is 42.3 Å². The van der Waals surface area contributed by atoms with Gasteiger partial charge in [0.15, 0.2) is 0 Å². The van der Waals surface area contributed by atoms with Gasteiger partial charge in [0.25, 0.3) is 0 Å². The first kappa shape index (κ1) is 17.2. The normalized spacial score (nSPS) is 12.4. The van der Waals surface area contributed by atoms with Crippen molar-refractivity contribution in [3.63, 3.8) is 0 Å². The largest absolute Gasteiger partial charge is 0.399 e. The lowest BCUT2D eigenvalue weighted by Gasteiger charge is -2.13. The van der Waals surface area contributed by atoms with E-state index in [9.17, 15) is 0 Å². The summed E-state index contributed by atoms with van der Waals surface area (Å²) >= 11 is 0. The molecule has 3 nitrogen and oxygen atoms in total. The van der Waals surface area contributed by atoms with Crippen LogP contribution in [0.25, 0.3) is 11.8 Å². The Labute approximate surface area is 143 Å². The minimum Gasteiger partial charge on any atom is -0.399 e. The molecule has 3 heteroatoms. The first-order valence-electron chi connectivity index (χ1n) is 7.77. The lowest BCUT2D eigenvalue weighted by molar-refractivity contribution is 1.10. The molecule has 0 bridgehead atoms. The summed E-state index contributed by atoms with van der Waals surface area (Å²) in [4.78, 5) is 0. The van der Waals surface area contributed by atoms with E-state index >= 15 is 0 Å². The summed E-state index contributed by atoms with van der Waals surface area (Å²) < 4.78 is 0. The third-order valence-electron chi connectivity index (χ3n) is 3.44. The zero-order valence-corrected chi connectivity index (χ0v) is 13.9. The number of benzene rings is 2. The highest BCUT2D eigenvalue weighted by molar-refractivity contribution is 5.67. The summed E-state index contributed by atoms with van der Waals surface area (Å²) in [5.41, 5.74) is 16.9. The van der Waals surface area contributed by atoms with Gasteiger partial charge >= 0.3 is 0 Å². The molecule has 24 heavy (non-hydrogen) atoms. The van der Waals surface area contributed by atoms with E-state index in [2.05, 4.69) is 11.9 Å². The predicted molar refractivity (Wildman–Crippen MR) is 105 cm³/mol. The van der Waals surface area contributed by atoms with Crippen LogP contribution in [-0.4, -0.2) is 0 Å². The SMILES string of the molecule is C=C(NC(/C=C/c1ccccc1)=C(N)/C=C\C)c1ccc(N)cc1. The number of hydrogen-bond donors (Lipinski definition) is 3. The first-order chi connectivity index (χ1) is 11.6. The van der Waals surface area contributed by atoms with Gasteiger partial charge in [-0.1, -0.05) is 61.2 Å². The summed E-state index contributed by atoms with van der Waals surface area (Å²) in [6.07, 6.45) is 7.72. The maximum atomic E-state index is 6.16. The van der Waals surface area contributed by atoms with Crippen molar-refractivity contribution in [2.75, 3.05) is 5.73 Å². The molecule has 0 heterocycles. The van der Waals surface area contributed by atoms with Crippen LogP contribution in [0, 0.1) is 0 Å². The molecule has 0 fully saturated rings. The molecule has 0 atom stereocenters. The van der Waals surface area contributed by atoms with Gasteiger partial charge in [-0.25, -0.2) is 0 Å². The van der Waals surface area contributed by atoms with Gasteiger partial charge in [0.2, 0.25) is 0 Å². The smallest absolute Gasteiger partial charge is 0.0618 e. The van der Waals surface area contributed by atoms with Crippen LogP contribution < -0.4 is 16.8 Å². The van der Waals surface area contributed by atoms with E-state index in [0.29, 0.717) is 5.70 Å². The summed E-state index contributed by atoms with van der Waals surface area (Å²) in [5.74, 6) is 0. The van der Waals surface area contributed by atoms with E-state index in [1.807, 2.05) is 85.8 Å². The fourth-order valence-electron chi connectivity index (χ4n) is 2.14. The average molecular weight is 317 g/mol. The topological polar surface area (TPSA) is 64.1 Å². The average Bonchev–Trinajstić information content (AvgIpc) is 2.60. The number of nitrogens with two attached hydrogens (primary N) is 2. The van der Waals surface area contributed by atoms with Crippen LogP contribution in [0.1, 0.15) is 18.1 Å². The molecule has 0 saturated heterocycles. The number of anilines is 1. The van der Waals surface area contributed by atoms with Crippen molar-refractivity contribution in [3.05, 3.63) is 102 Å². The van der Waals surface area contributed by atoms with E-state index in [0.717, 1.165) is 28.2 Å². The van der Waals surface area contributed by atoms with E-state index in [1.54, 1.807) is 0 Å². The lowest BCUT2D eigenvalue weighted by Crippen LogP contribution is -2.14. The summed E-state index contributed by atoms with van der Waals surface area (Å²) in [5, 5.41) is 3.29. The molecule has 0 unspecified atom stereocenters. The third-order valence-corrected chi connectivity index (χ3v) is 3.44. The van der Waals surface area contributed by atoms with Crippen molar-refractivity contribution in [3.8, 4) is 0 Å². The third kappa shape index (κ3) is 4.92. The Kier molecular flexibility index (Phi) is 6.03. The molecule has 0 spiro atoms. The number of hydrogen-bond acceptors (Lipinski definition) is 3. The second-order valence-corrected chi connectivity index (χ2v) is 5.34. The number of nitrogen functional groups attached to an aromatic ring is 1. The van der Waals surface area contributed by atoms with Crippen LogP contribution in [0.3, 0.4) is 0 Å². The van der Waals surface area contributed by atoms with Crippen LogP contribution in [-0.2, 0) is 0 Å². The Balaban J connectivity index is 2.24. The first-order valence-corrected chi connectivity index (χ1v) is 7.77. The number of nitrogens with one attached hydrogen (secondary N) is 1. The standard InChI is InChI=1S/C21H23N3/c1-3-7-20(23)21(15-10-17-8-5-4-6-9-17)24-16(2)18-11-13-19(22)14-12-18/h3-15,24H,2,22-23H2,1H3/b7-3-,15-10+,21-20-. The molecule has 2 rings (SSSR count). The lowest BCUT2D eigenvalue weighted by atomic mass is 10.1. The summed E-state index contributed by atoms with van der Waals surface area (Å²) in [6, 6.07) is 17.6. The molecule has 0 saturated carbocycles. The van der Waals surface area contributed by atoms with E-state index in [1.165, 1.54) is 0 Å². The van der Waals surface area contributed by atoms with Gasteiger partial charge in [-0.15, -0.1) is 0 Å². The van der Waals surface area contributed by atoms with Crippen molar-refractivity contribution in [1.29, 1.82) is 0 Å². The van der Waals surface area contributed by atoms with Crippen molar-refractivity contribution in [2.45, 2.75) is 6.92 Å². The Bertz CT molecular complexity index is 766. The fourth-order valence-corrected chi connectivity index (χ4v) is 2.14. The molecule has 2 aromatic carbocycles. The van der Waals surface area contributed by atoms with Crippen molar-refractivity contribution < 1.29 is 0 Å². The molecular weight excluding hydrogens is 294 g/mol. The van der Waals surface area contributed by atoms with Crippen molar-refractivity contribution in [2.24, 2.45) is 5.73 Å². The molecular formula is C21H23N3. The van der Waals surface area contributed by atoms with Gasteiger partial charge in [-0.3, -0.25) is 0 Å². The Hall–Kier alpha value is -3.20. The van der Waals surface area contributed by atoms with Crippen molar-refractivity contribution in [1.82, 2.24) is 5.32 Å². The molecule has 0 aliphatic rings. The molecule has 0 amide bonds. The monoisotopic (exact) mass is 317 g/mol. The maximum Gasteiger partial charge on any atom is 0.0618 e. The van der Waals surface area contributed by atoms with Crippen LogP contribution in [0.4, 0.5) is 5.69 Å². The van der Waals surface area contributed by atoms with Crippen LogP contribution >= 0.6 is 0 Å². The quantitative estimate of drug-likeness (QED) is 0.550. The predicted octanol–water partition coefficient (Wildman–Crippen LogP) is 4.29. The summed E-state index contributed by atoms with van der Waals surface area (Å²) in [7, 11) is 0. The number of rotatable bonds is 6. The van der Waals surface area contributed by atoms with E-state index < -0.39 is 0 Å². The van der Waals surface area contributed by atoms with E-state index in [4.69, 9.17) is 11.5 Å². The highest BCUT2D eigenvalue weighted by Crippen LogP contribution is 2.15. The highest BCUT2D eigenvalue weighted by Gasteiger charge is 2.03. The van der Waals surface area contributed by atoms with Crippen LogP contribution in [0.2, 0.25) is 0 Å². The maximum absolute atomic E-state index is 6.16. The fraction of sp³-hybridized carbons (Fsp3) is 0.0476. The Morgan fingerprint density at radius 3 is 2.29 bits per heavy atom. The van der Waals surface area contributed by atoms with Crippen molar-refractivity contribution >= 4 is 17.5 Å². The second-order valence-electron chi connectivity index (χ2n) is 5.34. The molecule has 0 aromatic heterocycles. The molecule has 0 aliphatic carbocycles. The highest BCUT2D eigenvalue weighted by atomic mass is 14.9. The minimum absolute atomic E-state index is 0.640. The van der Waals surface area contributed by atoms with Gasteiger partial charge < -0.3 is 16.8 Å². The van der Waals surface area contributed by atoms with Gasteiger partial charge in [0, 0.05) is 11.4 Å². The molecule has 2 aromatic rings. The molecule has 122 valence electrons. The molecule has 0 radical (unpaired) electrons. The van der Waals surface area contributed by atoms with Crippen LogP contribution in [0.15, 0.2) is 90.8 Å². The van der Waals surface area contributed by atoms with Crippen LogP contribution in [0.5, 0.6) is 0 Å². The Morgan fingerprint density at radius 2 is 1.67 bits per heavy atom. The second kappa shape index (κ2) is 8.44. The van der Waals surface area contributed by atoms with Gasteiger partial charge in [-0.2, -0.15) is 0 Å². The Morgan fingerprint density at radius 1 is 1.00 bits per heavy atom. The molecule has 0 aliphatic heterocycles. The minimum atomic E-state index is 0.640. The zero-order valence-electron chi connectivity index (χ0n) is 13.9. The summed E-state index contributed by atoms with van der Waals surface area (Å²) in [6.45, 7) is 6.02. The van der Waals surface area contributed by atoms with E-state index in [-0.39, 0.29) is 0 Å². The van der Waals surface area contributed by atoms with Gasteiger partial charge in [0.1, 0.15) is 0 Å². The molecule has 5 N–H and O–H groups in total. The zero-order chi connectivity index (χ0) is 17.4. The van der Waals surface area contributed by atoms with Gasteiger partial charge in [0.05, 0.1) is 11.4 Å². The number of allylic oxidation sites excluding steroid dienone is 3.